The molecule has 1 fully saturated rings. The van der Waals surface area contributed by atoms with Gasteiger partial charge >= 0.3 is 0 Å². The van der Waals surface area contributed by atoms with E-state index in [9.17, 15) is 0 Å². The van der Waals surface area contributed by atoms with Crippen molar-refractivity contribution in [3.05, 3.63) is 0 Å². The summed E-state index contributed by atoms with van der Waals surface area (Å²) in [6, 6.07) is 0. The molecule has 0 aromatic carbocycles. The van der Waals surface area contributed by atoms with E-state index in [0.29, 0.717) is 6.61 Å². The quantitative estimate of drug-likeness (QED) is 0.737. The fourth-order valence-electron chi connectivity index (χ4n) is 0.672. The van der Waals surface area contributed by atoms with Gasteiger partial charge in [-0.3, -0.25) is 0 Å². The summed E-state index contributed by atoms with van der Waals surface area (Å²) in [6.07, 6.45) is 3.60. The van der Waals surface area contributed by atoms with E-state index in [1.165, 1.54) is 12.8 Å². The van der Waals surface area contributed by atoms with Crippen molar-refractivity contribution in [2.75, 3.05) is 33.0 Å². The first kappa shape index (κ1) is 21.1. The van der Waals surface area contributed by atoms with Crippen LogP contribution in [0, 0.1) is 10.8 Å². The van der Waals surface area contributed by atoms with Crippen LogP contribution in [0.1, 0.15) is 53.9 Å². The molecule has 3 N–H and O–H groups in total. The molecular weight excluding hydrogens is 244 g/mol. The van der Waals surface area contributed by atoms with Gasteiger partial charge in [0.05, 0.1) is 13.2 Å². The molecule has 0 aromatic rings. The maximum absolute atomic E-state index is 8.59. The van der Waals surface area contributed by atoms with Crippen molar-refractivity contribution in [1.29, 1.82) is 0 Å². The summed E-state index contributed by atoms with van der Waals surface area (Å²) in [5.41, 5.74) is -0.167. The molecule has 4 heteroatoms. The van der Waals surface area contributed by atoms with Crippen LogP contribution in [0.2, 0.25) is 0 Å². The second-order valence-corrected chi connectivity index (χ2v) is 6.48. The number of aliphatic hydroxyl groups excluding tert-OH is 3. The Balaban J connectivity index is 0. The highest BCUT2D eigenvalue weighted by molar-refractivity contribution is 4.63. The summed E-state index contributed by atoms with van der Waals surface area (Å²) in [7, 11) is 0. The van der Waals surface area contributed by atoms with Crippen molar-refractivity contribution >= 4 is 0 Å². The van der Waals surface area contributed by atoms with E-state index in [-0.39, 0.29) is 24.0 Å². The van der Waals surface area contributed by atoms with Crippen LogP contribution in [0.5, 0.6) is 0 Å². The average molecular weight is 278 g/mol. The molecule has 0 atom stereocenters. The average Bonchev–Trinajstić information content (AvgIpc) is 2.98. The summed E-state index contributed by atoms with van der Waals surface area (Å²) in [5.74, 6) is 0. The molecule has 0 bridgehead atoms. The van der Waals surface area contributed by atoms with Gasteiger partial charge in [0.2, 0.25) is 0 Å². The standard InChI is InChI=1S/C6H14O.C5H12O2.C4H8O/c1-4-6(2,3)5-7;1-5(2,3-6)4-7;1-2-4-5-3-1/h7H,4-5H2,1-3H3;6-7H,3-4H2,1-2H3;1-4H2. The van der Waals surface area contributed by atoms with Crippen molar-refractivity contribution in [3.63, 3.8) is 0 Å². The summed E-state index contributed by atoms with van der Waals surface area (Å²) >= 11 is 0. The van der Waals surface area contributed by atoms with Crippen LogP contribution in [0.25, 0.3) is 0 Å². The van der Waals surface area contributed by atoms with Crippen molar-refractivity contribution in [3.8, 4) is 0 Å². The first-order valence-corrected chi connectivity index (χ1v) is 7.15. The third-order valence-corrected chi connectivity index (χ3v) is 3.07. The lowest BCUT2D eigenvalue weighted by Gasteiger charge is -2.17. The van der Waals surface area contributed by atoms with Crippen LogP contribution >= 0.6 is 0 Å². The molecule has 0 spiro atoms. The van der Waals surface area contributed by atoms with Gasteiger partial charge in [-0.15, -0.1) is 0 Å². The second kappa shape index (κ2) is 11.6. The fourth-order valence-corrected chi connectivity index (χ4v) is 0.672. The fraction of sp³-hybridized carbons (Fsp3) is 1.00. The first-order chi connectivity index (χ1) is 8.74. The van der Waals surface area contributed by atoms with Gasteiger partial charge in [-0.25, -0.2) is 0 Å². The number of hydrogen-bond acceptors (Lipinski definition) is 4. The van der Waals surface area contributed by atoms with Crippen LogP contribution < -0.4 is 0 Å². The van der Waals surface area contributed by atoms with E-state index in [0.717, 1.165) is 19.6 Å². The van der Waals surface area contributed by atoms with E-state index in [1.54, 1.807) is 13.8 Å². The number of aliphatic hydroxyl groups is 3. The molecule has 19 heavy (non-hydrogen) atoms. The lowest BCUT2D eigenvalue weighted by atomic mass is 9.92. The Morgan fingerprint density at radius 1 is 0.789 bits per heavy atom. The molecule has 0 aromatic heterocycles. The summed E-state index contributed by atoms with van der Waals surface area (Å²) in [5, 5.41) is 25.5. The predicted molar refractivity (Wildman–Crippen MR) is 79.2 cm³/mol. The molecule has 0 saturated carbocycles. The third kappa shape index (κ3) is 15.8. The summed E-state index contributed by atoms with van der Waals surface area (Å²) in [6.45, 7) is 12.2. The van der Waals surface area contributed by atoms with Gasteiger partial charge in [-0.05, 0) is 24.7 Å². The van der Waals surface area contributed by atoms with E-state index in [1.807, 2.05) is 13.8 Å². The topological polar surface area (TPSA) is 69.9 Å². The first-order valence-electron chi connectivity index (χ1n) is 7.15. The molecule has 1 rings (SSSR count). The van der Waals surface area contributed by atoms with E-state index in [2.05, 4.69) is 6.92 Å². The van der Waals surface area contributed by atoms with Gasteiger partial charge in [-0.1, -0.05) is 34.6 Å². The van der Waals surface area contributed by atoms with Crippen LogP contribution in [0.4, 0.5) is 0 Å². The largest absolute Gasteiger partial charge is 0.396 e. The predicted octanol–water partition coefficient (Wildman–Crippen LogP) is 2.21. The molecule has 0 amide bonds. The Kier molecular flexibility index (Phi) is 13.0. The van der Waals surface area contributed by atoms with Gasteiger partial charge in [-0.2, -0.15) is 0 Å². The molecular formula is C15H34O4. The third-order valence-electron chi connectivity index (χ3n) is 3.07. The Labute approximate surface area is 118 Å². The van der Waals surface area contributed by atoms with E-state index < -0.39 is 0 Å². The second-order valence-electron chi connectivity index (χ2n) is 6.48. The Morgan fingerprint density at radius 2 is 1.16 bits per heavy atom. The normalized spacial score (nSPS) is 15.2. The maximum Gasteiger partial charge on any atom is 0.0504 e. The van der Waals surface area contributed by atoms with Crippen molar-refractivity contribution in [1.82, 2.24) is 0 Å². The summed E-state index contributed by atoms with van der Waals surface area (Å²) < 4.78 is 4.94. The molecule has 1 aliphatic rings. The zero-order valence-electron chi connectivity index (χ0n) is 13.4. The number of ether oxygens (including phenoxy) is 1. The number of rotatable bonds is 4. The van der Waals surface area contributed by atoms with Crippen LogP contribution in [-0.4, -0.2) is 48.4 Å². The van der Waals surface area contributed by atoms with Crippen molar-refractivity contribution in [2.24, 2.45) is 10.8 Å². The highest BCUT2D eigenvalue weighted by Gasteiger charge is 2.13. The van der Waals surface area contributed by atoms with Gasteiger partial charge in [0.15, 0.2) is 0 Å². The minimum absolute atomic E-state index is 0.0451. The van der Waals surface area contributed by atoms with Crippen molar-refractivity contribution in [2.45, 2.75) is 53.9 Å². The Bertz CT molecular complexity index is 151. The van der Waals surface area contributed by atoms with E-state index in [4.69, 9.17) is 20.1 Å². The number of hydrogen-bond donors (Lipinski definition) is 3. The smallest absolute Gasteiger partial charge is 0.0504 e. The molecule has 118 valence electrons. The van der Waals surface area contributed by atoms with Gasteiger partial charge in [0, 0.05) is 25.2 Å². The highest BCUT2D eigenvalue weighted by Crippen LogP contribution is 2.16. The molecule has 0 aliphatic carbocycles. The van der Waals surface area contributed by atoms with Gasteiger partial charge in [0.1, 0.15) is 0 Å². The molecule has 1 aliphatic heterocycles. The molecule has 0 unspecified atom stereocenters. The molecule has 0 radical (unpaired) electrons. The highest BCUT2D eigenvalue weighted by atomic mass is 16.5. The lowest BCUT2D eigenvalue weighted by Crippen LogP contribution is -2.20. The van der Waals surface area contributed by atoms with Crippen molar-refractivity contribution < 1.29 is 20.1 Å². The lowest BCUT2D eigenvalue weighted by molar-refractivity contribution is 0.0857. The molecule has 1 heterocycles. The molecule has 4 nitrogen and oxygen atoms in total. The molecule has 1 saturated heterocycles. The minimum atomic E-state index is -0.306. The SMILES string of the molecule is C1CCOC1.CC(C)(CO)CO.CCC(C)(C)CO. The Hall–Kier alpha value is -0.160. The van der Waals surface area contributed by atoms with Crippen LogP contribution in [-0.2, 0) is 4.74 Å². The van der Waals surface area contributed by atoms with Crippen LogP contribution in [0.3, 0.4) is 0 Å². The van der Waals surface area contributed by atoms with Crippen LogP contribution in [0.15, 0.2) is 0 Å². The van der Waals surface area contributed by atoms with E-state index >= 15 is 0 Å². The summed E-state index contributed by atoms with van der Waals surface area (Å²) in [4.78, 5) is 0. The zero-order valence-corrected chi connectivity index (χ0v) is 13.4. The van der Waals surface area contributed by atoms with Gasteiger partial charge in [0.25, 0.3) is 0 Å². The minimum Gasteiger partial charge on any atom is -0.396 e. The zero-order chi connectivity index (χ0) is 15.4. The van der Waals surface area contributed by atoms with Gasteiger partial charge < -0.3 is 20.1 Å². The monoisotopic (exact) mass is 278 g/mol. The Morgan fingerprint density at radius 3 is 1.21 bits per heavy atom. The maximum atomic E-state index is 8.59.